The Morgan fingerprint density at radius 1 is 1.30 bits per heavy atom. The topological polar surface area (TPSA) is 191 Å². The van der Waals surface area contributed by atoms with Crippen LogP contribution in [-0.4, -0.2) is 92.3 Å². The van der Waals surface area contributed by atoms with E-state index in [0.29, 0.717) is 37.0 Å². The highest BCUT2D eigenvalue weighted by molar-refractivity contribution is 7.19. The van der Waals surface area contributed by atoms with E-state index >= 15 is 0 Å². The number of aliphatic carboxylic acids is 1. The number of carbonyl (C=O) groups is 4. The van der Waals surface area contributed by atoms with Gasteiger partial charge in [-0.25, -0.2) is 9.78 Å². The lowest BCUT2D eigenvalue weighted by Gasteiger charge is -2.50. The lowest BCUT2D eigenvalue weighted by atomic mass is 9.82. The first kappa shape index (κ1) is 25.2. The zero-order chi connectivity index (χ0) is 26.4. The number of thiazole rings is 1. The summed E-state index contributed by atoms with van der Waals surface area (Å²) in [5.74, 6) is -2.92. The van der Waals surface area contributed by atoms with Crippen LogP contribution in [0, 0.1) is 0 Å². The summed E-state index contributed by atoms with van der Waals surface area (Å²) in [6.45, 7) is 2.17. The number of nitrogens with two attached hydrogens (primary N) is 1. The molecule has 15 heteroatoms. The molecule has 3 atom stereocenters. The minimum atomic E-state index is -1.29. The van der Waals surface area contributed by atoms with Gasteiger partial charge in [0.2, 0.25) is 5.91 Å². The van der Waals surface area contributed by atoms with Crippen molar-refractivity contribution in [3.8, 4) is 0 Å². The fourth-order valence-corrected chi connectivity index (χ4v) is 6.27. The van der Waals surface area contributed by atoms with E-state index in [-0.39, 0.29) is 32.8 Å². The predicted molar refractivity (Wildman–Crippen MR) is 132 cm³/mol. The van der Waals surface area contributed by atoms with Crippen LogP contribution < -0.4 is 16.4 Å². The highest BCUT2D eigenvalue weighted by atomic mass is 35.5. The minimum Gasteiger partial charge on any atom is -0.477 e. The van der Waals surface area contributed by atoms with Crippen molar-refractivity contribution < 1.29 is 29.5 Å². The Labute approximate surface area is 219 Å². The number of likely N-dealkylation sites (tertiary alicyclic amines) is 1. The first-order valence-electron chi connectivity index (χ1n) is 11.7. The molecule has 0 saturated carbocycles. The van der Waals surface area contributed by atoms with E-state index in [9.17, 15) is 29.5 Å². The van der Waals surface area contributed by atoms with Crippen LogP contribution in [0.5, 0.6) is 0 Å². The normalized spacial score (nSPS) is 27.1. The van der Waals surface area contributed by atoms with Gasteiger partial charge in [-0.1, -0.05) is 28.1 Å². The van der Waals surface area contributed by atoms with Crippen LogP contribution in [0.2, 0.25) is 4.34 Å². The number of anilines is 1. The molecule has 13 nitrogen and oxygen atoms in total. The van der Waals surface area contributed by atoms with Crippen LogP contribution in [0.1, 0.15) is 31.4 Å². The van der Waals surface area contributed by atoms with Gasteiger partial charge in [-0.15, -0.1) is 0 Å². The molecule has 196 valence electrons. The summed E-state index contributed by atoms with van der Waals surface area (Å²) in [6, 6.07) is -1.51. The van der Waals surface area contributed by atoms with Crippen molar-refractivity contribution in [2.75, 3.05) is 25.4 Å². The number of amides is 3. The van der Waals surface area contributed by atoms with E-state index < -0.39 is 35.6 Å². The zero-order valence-corrected chi connectivity index (χ0v) is 21.0. The number of hydrogen-bond donors (Lipinski definition) is 5. The second-order valence-corrected chi connectivity index (χ2v) is 10.8. The molecule has 0 aromatic carbocycles. The summed E-state index contributed by atoms with van der Waals surface area (Å²) in [7, 11) is 0. The number of halogens is 1. The number of carboxylic acid groups (broad SMARTS) is 1. The maximum atomic E-state index is 13.0. The number of nitrogen functional groups attached to an aromatic ring is 1. The van der Waals surface area contributed by atoms with Gasteiger partial charge in [0.05, 0.1) is 6.04 Å². The maximum absolute atomic E-state index is 13.0. The number of allylic oxidation sites excluding steroid dienone is 2. The molecule has 0 bridgehead atoms. The number of β-lactam (4-membered cyclic amide) rings is 1. The Hall–Kier alpha value is -3.49. The Bertz CT molecular complexity index is 1280. The third-order valence-electron chi connectivity index (χ3n) is 7.09. The van der Waals surface area contributed by atoms with E-state index in [2.05, 4.69) is 20.8 Å². The molecule has 0 aliphatic carbocycles. The molecule has 0 radical (unpaired) electrons. The van der Waals surface area contributed by atoms with Gasteiger partial charge in [-0.3, -0.25) is 19.3 Å². The first-order chi connectivity index (χ1) is 17.7. The fourth-order valence-electron chi connectivity index (χ4n) is 5.34. The van der Waals surface area contributed by atoms with Crippen LogP contribution in [0.15, 0.2) is 28.1 Å². The summed E-state index contributed by atoms with van der Waals surface area (Å²) in [5.41, 5.74) is 5.68. The monoisotopic (exact) mass is 549 g/mol. The van der Waals surface area contributed by atoms with Crippen LogP contribution in [0.3, 0.4) is 0 Å². The third kappa shape index (κ3) is 4.34. The average Bonchev–Trinajstić information content (AvgIpc) is 3.59. The molecule has 1 aromatic rings. The number of oxime groups is 1. The molecular formula is C22H24ClN7O6S. The number of carbonyl (C=O) groups excluding carboxylic acids is 3. The highest BCUT2D eigenvalue weighted by Crippen LogP contribution is 2.38. The number of nitrogens with zero attached hydrogens (tertiary/aromatic N) is 4. The van der Waals surface area contributed by atoms with Crippen molar-refractivity contribution in [3.05, 3.63) is 32.9 Å². The van der Waals surface area contributed by atoms with Crippen molar-refractivity contribution in [3.63, 3.8) is 0 Å². The summed E-state index contributed by atoms with van der Waals surface area (Å²) < 4.78 is 0.0395. The van der Waals surface area contributed by atoms with Gasteiger partial charge >= 0.3 is 5.97 Å². The summed E-state index contributed by atoms with van der Waals surface area (Å²) in [6.07, 6.45) is 3.67. The first-order valence-corrected chi connectivity index (χ1v) is 12.9. The van der Waals surface area contributed by atoms with Crippen LogP contribution in [0.4, 0.5) is 5.13 Å². The molecule has 5 heterocycles. The summed E-state index contributed by atoms with van der Waals surface area (Å²) in [5, 5.41) is 28.0. The van der Waals surface area contributed by atoms with E-state index in [1.165, 1.54) is 0 Å². The molecular weight excluding hydrogens is 526 g/mol. The van der Waals surface area contributed by atoms with Gasteiger partial charge in [0.1, 0.15) is 21.8 Å². The van der Waals surface area contributed by atoms with Crippen LogP contribution >= 0.6 is 22.9 Å². The highest BCUT2D eigenvalue weighted by Gasteiger charge is 2.53. The number of fused-ring (bicyclic) bond motifs is 1. The molecule has 37 heavy (non-hydrogen) atoms. The number of hydrogen-bond acceptors (Lipinski definition) is 10. The van der Waals surface area contributed by atoms with Gasteiger partial charge in [0.15, 0.2) is 10.8 Å². The van der Waals surface area contributed by atoms with Crippen molar-refractivity contribution in [2.45, 2.75) is 43.8 Å². The molecule has 3 saturated heterocycles. The Morgan fingerprint density at radius 3 is 2.70 bits per heavy atom. The van der Waals surface area contributed by atoms with Crippen LogP contribution in [0.25, 0.3) is 0 Å². The number of carboxylic acids is 1. The molecule has 4 aliphatic heterocycles. The van der Waals surface area contributed by atoms with Crippen molar-refractivity contribution in [2.24, 2.45) is 5.16 Å². The molecule has 3 amide bonds. The van der Waals surface area contributed by atoms with Crippen molar-refractivity contribution >= 4 is 57.5 Å². The second-order valence-electron chi connectivity index (χ2n) is 9.13. The van der Waals surface area contributed by atoms with E-state index in [1.807, 2.05) is 4.90 Å². The number of nitrogens with one attached hydrogen (secondary N) is 2. The average molecular weight is 550 g/mol. The van der Waals surface area contributed by atoms with E-state index in [4.69, 9.17) is 17.3 Å². The molecule has 4 aliphatic rings. The lowest BCUT2D eigenvalue weighted by molar-refractivity contribution is -0.155. The van der Waals surface area contributed by atoms with Crippen LogP contribution in [-0.2, 0) is 19.2 Å². The Kier molecular flexibility index (Phi) is 6.64. The maximum Gasteiger partial charge on any atom is 0.352 e. The molecule has 1 aromatic heterocycles. The molecule has 0 spiro atoms. The third-order valence-corrected chi connectivity index (χ3v) is 8.17. The Morgan fingerprint density at radius 2 is 2.08 bits per heavy atom. The zero-order valence-electron chi connectivity index (χ0n) is 19.4. The SMILES string of the molecule is Nc1nc(/C(=N/O)C(=O)N[C@@H]2C(=O)N3C(C(=O)O)=C(/C=C4\CCN([C@@H]5CCNC5)C4=O)CCC23)c(Cl)s1. The van der Waals surface area contributed by atoms with Gasteiger partial charge in [0.25, 0.3) is 11.8 Å². The van der Waals surface area contributed by atoms with Crippen molar-refractivity contribution in [1.82, 2.24) is 25.4 Å². The molecule has 1 unspecified atom stereocenters. The smallest absolute Gasteiger partial charge is 0.352 e. The molecule has 6 N–H and O–H groups in total. The van der Waals surface area contributed by atoms with E-state index in [0.717, 1.165) is 35.7 Å². The summed E-state index contributed by atoms with van der Waals surface area (Å²) >= 11 is 6.89. The number of aromatic nitrogens is 1. The van der Waals surface area contributed by atoms with Gasteiger partial charge in [0, 0.05) is 24.7 Å². The van der Waals surface area contributed by atoms with E-state index in [1.54, 1.807) is 6.08 Å². The fraction of sp³-hybridized carbons (Fsp3) is 0.455. The van der Waals surface area contributed by atoms with Gasteiger partial charge in [-0.2, -0.15) is 0 Å². The standard InChI is InChI=1S/C22H24ClN7O6S/c23-17-14(27-22(24)37-17)15(28-36)18(31)26-13-12-2-1-9(16(21(34)35)30(12)20(13)33)7-10-4-6-29(19(10)32)11-3-5-25-8-11/h7,11-13,25,36H,1-6,8H2,(H2,24,27)(H,26,31)(H,34,35)/b10-7+,28-15-/t11-,12?,13+/m1/s1. The molecule has 5 rings (SSSR count). The largest absolute Gasteiger partial charge is 0.477 e. The second kappa shape index (κ2) is 9.76. The minimum absolute atomic E-state index is 0.0395. The quantitative estimate of drug-likeness (QED) is 0.106. The number of rotatable bonds is 6. The van der Waals surface area contributed by atoms with Gasteiger partial charge < -0.3 is 31.6 Å². The van der Waals surface area contributed by atoms with Crippen molar-refractivity contribution in [1.29, 1.82) is 0 Å². The van der Waals surface area contributed by atoms with Gasteiger partial charge in [-0.05, 0) is 43.9 Å². The predicted octanol–water partition coefficient (Wildman–Crippen LogP) is -0.0943. The summed E-state index contributed by atoms with van der Waals surface area (Å²) in [4.78, 5) is 57.7. The lowest BCUT2D eigenvalue weighted by Crippen LogP contribution is -2.72. The Balaban J connectivity index is 1.34. The molecule has 3 fully saturated rings.